The summed E-state index contributed by atoms with van der Waals surface area (Å²) >= 11 is 0. The number of anilines is 2. The molecule has 0 aromatic heterocycles. The molecule has 2 fully saturated rings. The Kier molecular flexibility index (Phi) is 7.15. The summed E-state index contributed by atoms with van der Waals surface area (Å²) in [5.74, 6) is -0.0682. The lowest BCUT2D eigenvalue weighted by Gasteiger charge is -2.29. The smallest absolute Gasteiger partial charge is 0.266 e. The zero-order valence-corrected chi connectivity index (χ0v) is 21.4. The van der Waals surface area contributed by atoms with Gasteiger partial charge in [0.2, 0.25) is 5.91 Å². The van der Waals surface area contributed by atoms with Crippen LogP contribution in [0.4, 0.5) is 11.4 Å². The first-order valence-electron chi connectivity index (χ1n) is 12.9. The number of benzene rings is 3. The topological polar surface area (TPSA) is 68.3 Å². The lowest BCUT2D eigenvalue weighted by atomic mass is 9.90. The number of nitrogens with zero attached hydrogens (tertiary/aromatic N) is 2. The molecule has 0 spiro atoms. The summed E-state index contributed by atoms with van der Waals surface area (Å²) in [5.41, 5.74) is 3.19. The Balaban J connectivity index is 1.55. The lowest BCUT2D eigenvalue weighted by molar-refractivity contribution is -0.126. The van der Waals surface area contributed by atoms with E-state index in [1.165, 1.54) is 4.90 Å². The number of hydrogen-bond acceptors (Lipinski definition) is 6. The van der Waals surface area contributed by atoms with Crippen LogP contribution in [0.1, 0.15) is 43.9 Å². The third kappa shape index (κ3) is 4.67. The Morgan fingerprint density at radius 3 is 2.30 bits per heavy atom. The highest BCUT2D eigenvalue weighted by atomic mass is 16.7. The Hall–Kier alpha value is -3.84. The number of hydrogen-bond donors (Lipinski definition) is 0. The van der Waals surface area contributed by atoms with Crippen LogP contribution in [0.3, 0.4) is 0 Å². The highest BCUT2D eigenvalue weighted by molar-refractivity contribution is 6.23. The molecule has 3 atom stereocenters. The van der Waals surface area contributed by atoms with Crippen LogP contribution in [0.15, 0.2) is 72.8 Å². The fourth-order valence-electron chi connectivity index (χ4n) is 4.92. The molecule has 2 aliphatic rings. The summed E-state index contributed by atoms with van der Waals surface area (Å²) in [6.45, 7) is 7.08. The minimum absolute atomic E-state index is 0.275. The van der Waals surface area contributed by atoms with Crippen molar-refractivity contribution in [3.05, 3.63) is 83.9 Å². The average Bonchev–Trinajstić information content (AvgIpc) is 3.42. The number of unbranched alkanes of at least 4 members (excludes halogenated alkanes) is 1. The molecule has 0 N–H and O–H groups in total. The van der Waals surface area contributed by atoms with E-state index in [2.05, 4.69) is 6.92 Å². The van der Waals surface area contributed by atoms with E-state index in [0.717, 1.165) is 29.7 Å². The predicted molar refractivity (Wildman–Crippen MR) is 142 cm³/mol. The van der Waals surface area contributed by atoms with Gasteiger partial charge in [0.25, 0.3) is 5.91 Å². The second-order valence-electron chi connectivity index (χ2n) is 9.35. The van der Waals surface area contributed by atoms with Crippen LogP contribution >= 0.6 is 0 Å². The van der Waals surface area contributed by atoms with Gasteiger partial charge in [0.15, 0.2) is 17.6 Å². The molecule has 2 amide bonds. The van der Waals surface area contributed by atoms with E-state index in [4.69, 9.17) is 14.3 Å². The maximum absolute atomic E-state index is 13.8. The second-order valence-corrected chi connectivity index (χ2v) is 9.35. The van der Waals surface area contributed by atoms with Gasteiger partial charge in [-0.05, 0) is 62.2 Å². The molecule has 0 bridgehead atoms. The highest BCUT2D eigenvalue weighted by Gasteiger charge is 2.60. The Bertz CT molecular complexity index is 1260. The molecular weight excluding hydrogens is 468 g/mol. The average molecular weight is 501 g/mol. The largest absolute Gasteiger partial charge is 0.490 e. The molecule has 2 aliphatic heterocycles. The molecule has 3 aromatic carbocycles. The van der Waals surface area contributed by atoms with Crippen molar-refractivity contribution in [1.82, 2.24) is 0 Å². The van der Waals surface area contributed by atoms with Crippen molar-refractivity contribution < 1.29 is 23.9 Å². The van der Waals surface area contributed by atoms with Crippen molar-refractivity contribution in [3.63, 3.8) is 0 Å². The van der Waals surface area contributed by atoms with Crippen molar-refractivity contribution in [3.8, 4) is 11.5 Å². The van der Waals surface area contributed by atoms with Gasteiger partial charge in [0.1, 0.15) is 5.92 Å². The number of carbonyl (C=O) groups excluding carboxylic acids is 2. The lowest BCUT2D eigenvalue weighted by Crippen LogP contribution is -2.37. The molecule has 7 heteroatoms. The molecule has 0 unspecified atom stereocenters. The van der Waals surface area contributed by atoms with Gasteiger partial charge in [-0.15, -0.1) is 0 Å². The summed E-state index contributed by atoms with van der Waals surface area (Å²) in [4.78, 5) is 34.9. The maximum Gasteiger partial charge on any atom is 0.266 e. The zero-order valence-electron chi connectivity index (χ0n) is 21.4. The zero-order chi connectivity index (χ0) is 25.9. The van der Waals surface area contributed by atoms with Gasteiger partial charge >= 0.3 is 0 Å². The molecule has 0 radical (unpaired) electrons. The minimum Gasteiger partial charge on any atom is -0.490 e. The van der Waals surface area contributed by atoms with Crippen molar-refractivity contribution in [1.29, 1.82) is 0 Å². The maximum atomic E-state index is 13.8. The summed E-state index contributed by atoms with van der Waals surface area (Å²) in [7, 11) is 0. The number of para-hydroxylation sites is 1. The summed E-state index contributed by atoms with van der Waals surface area (Å²) in [6.07, 6.45) is 1.06. The number of fused-ring (bicyclic) bond motifs is 1. The second kappa shape index (κ2) is 10.6. The van der Waals surface area contributed by atoms with E-state index in [1.54, 1.807) is 17.2 Å². The number of ether oxygens (including phenoxy) is 2. The minimum atomic E-state index is -0.921. The van der Waals surface area contributed by atoms with Crippen molar-refractivity contribution in [2.75, 3.05) is 23.2 Å². The first kappa shape index (κ1) is 24.8. The van der Waals surface area contributed by atoms with Gasteiger partial charge in [-0.1, -0.05) is 55.3 Å². The molecule has 2 saturated heterocycles. The van der Waals surface area contributed by atoms with Crippen LogP contribution in [0.5, 0.6) is 11.5 Å². The molecule has 3 aromatic rings. The Labute approximate surface area is 217 Å². The molecule has 0 saturated carbocycles. The van der Waals surface area contributed by atoms with E-state index in [9.17, 15) is 9.59 Å². The summed E-state index contributed by atoms with van der Waals surface area (Å²) in [6, 6.07) is 22.1. The molecule has 2 heterocycles. The summed E-state index contributed by atoms with van der Waals surface area (Å²) in [5, 5.41) is 1.69. The molecule has 5 rings (SSSR count). The van der Waals surface area contributed by atoms with Crippen LogP contribution in [-0.4, -0.2) is 31.1 Å². The Morgan fingerprint density at radius 2 is 1.59 bits per heavy atom. The third-order valence-electron chi connectivity index (χ3n) is 6.78. The Morgan fingerprint density at radius 1 is 0.838 bits per heavy atom. The van der Waals surface area contributed by atoms with Crippen molar-refractivity contribution in [2.45, 2.75) is 45.8 Å². The predicted octanol–water partition coefficient (Wildman–Crippen LogP) is 5.62. The number of amides is 2. The van der Waals surface area contributed by atoms with Gasteiger partial charge < -0.3 is 9.47 Å². The van der Waals surface area contributed by atoms with E-state index >= 15 is 0 Å². The number of hydroxylamine groups is 1. The monoisotopic (exact) mass is 500 g/mol. The fraction of sp³-hybridized carbons (Fsp3) is 0.333. The highest BCUT2D eigenvalue weighted by Crippen LogP contribution is 2.48. The van der Waals surface area contributed by atoms with Crippen LogP contribution in [-0.2, 0) is 14.4 Å². The van der Waals surface area contributed by atoms with E-state index < -0.39 is 18.1 Å². The van der Waals surface area contributed by atoms with Gasteiger partial charge in [-0.2, -0.15) is 0 Å². The first-order valence-corrected chi connectivity index (χ1v) is 12.9. The SMILES string of the molecule is CCCCOc1ccc([C@@H]2[C@@H]3C(=O)N(c4ccc(C)cc4)C(=O)[C@@H]3ON2c2ccccc2)cc1OCC. The number of aryl methyl sites for hydroxylation is 1. The molecular formula is C30H32N2O5. The van der Waals surface area contributed by atoms with Crippen LogP contribution in [0.25, 0.3) is 0 Å². The molecule has 0 aliphatic carbocycles. The van der Waals surface area contributed by atoms with Gasteiger partial charge in [0.05, 0.1) is 30.6 Å². The quantitative estimate of drug-likeness (QED) is 0.280. The van der Waals surface area contributed by atoms with Crippen LogP contribution < -0.4 is 19.4 Å². The number of rotatable bonds is 9. The van der Waals surface area contributed by atoms with Gasteiger partial charge in [-0.3, -0.25) is 14.4 Å². The fourth-order valence-corrected chi connectivity index (χ4v) is 4.92. The van der Waals surface area contributed by atoms with Crippen LogP contribution in [0, 0.1) is 12.8 Å². The van der Waals surface area contributed by atoms with E-state index in [-0.39, 0.29) is 11.8 Å². The van der Waals surface area contributed by atoms with Gasteiger partial charge in [-0.25, -0.2) is 9.96 Å². The van der Waals surface area contributed by atoms with Crippen molar-refractivity contribution in [2.24, 2.45) is 5.92 Å². The summed E-state index contributed by atoms with van der Waals surface area (Å²) < 4.78 is 11.9. The molecule has 37 heavy (non-hydrogen) atoms. The normalized spacial score (nSPS) is 20.9. The van der Waals surface area contributed by atoms with Gasteiger partial charge in [0, 0.05) is 0 Å². The molecule has 192 valence electrons. The van der Waals surface area contributed by atoms with Crippen LogP contribution in [0.2, 0.25) is 0 Å². The molecule has 7 nitrogen and oxygen atoms in total. The van der Waals surface area contributed by atoms with E-state index in [1.807, 2.05) is 74.5 Å². The van der Waals surface area contributed by atoms with E-state index in [0.29, 0.717) is 30.4 Å². The first-order chi connectivity index (χ1) is 18.0. The standard InChI is InChI=1S/C30H32N2O5/c1-4-6-18-36-24-17-14-21(19-25(24)35-5-2)27-26-28(37-32(27)23-10-8-7-9-11-23)30(34)31(29(26)33)22-15-12-20(3)13-16-22/h7-17,19,26-28H,4-6,18H2,1-3H3/t26-,27+,28+/m0/s1. The van der Waals surface area contributed by atoms with Crippen molar-refractivity contribution >= 4 is 23.2 Å². The third-order valence-corrected chi connectivity index (χ3v) is 6.78. The number of carbonyl (C=O) groups is 2. The number of imide groups is 1.